The second kappa shape index (κ2) is 5.98. The number of hydrogen-bond acceptors (Lipinski definition) is 3. The molecular weight excluding hydrogens is 230 g/mol. The maximum absolute atomic E-state index is 10.8. The van der Waals surface area contributed by atoms with Gasteiger partial charge in [0.2, 0.25) is 0 Å². The van der Waals surface area contributed by atoms with Crippen LogP contribution in [-0.2, 0) is 11.3 Å². The lowest BCUT2D eigenvalue weighted by molar-refractivity contribution is 0.0407. The molecule has 1 saturated heterocycles. The van der Waals surface area contributed by atoms with Gasteiger partial charge in [-0.25, -0.2) is 4.79 Å². The fraction of sp³-hybridized carbons (Fsp3) is 0.500. The molecule has 1 N–H and O–H groups in total. The van der Waals surface area contributed by atoms with Crippen LogP contribution in [0.2, 0.25) is 0 Å². The van der Waals surface area contributed by atoms with Crippen LogP contribution >= 0.6 is 0 Å². The van der Waals surface area contributed by atoms with E-state index < -0.39 is 5.97 Å². The Morgan fingerprint density at radius 1 is 1.33 bits per heavy atom. The molecule has 0 aliphatic carbocycles. The highest BCUT2D eigenvalue weighted by Crippen LogP contribution is 2.16. The van der Waals surface area contributed by atoms with Crippen LogP contribution in [-0.4, -0.2) is 42.3 Å². The Hall–Kier alpha value is -1.39. The number of hydrogen-bond donors (Lipinski definition) is 1. The van der Waals surface area contributed by atoms with Crippen LogP contribution in [0.25, 0.3) is 0 Å². The number of carboxylic acids is 1. The van der Waals surface area contributed by atoms with Crippen LogP contribution in [0.5, 0.6) is 0 Å². The summed E-state index contributed by atoms with van der Waals surface area (Å²) in [5, 5.41) is 8.84. The maximum atomic E-state index is 10.8. The highest BCUT2D eigenvalue weighted by molar-refractivity contribution is 5.87. The van der Waals surface area contributed by atoms with Gasteiger partial charge < -0.3 is 9.84 Å². The summed E-state index contributed by atoms with van der Waals surface area (Å²) in [6.45, 7) is 2.53. The highest BCUT2D eigenvalue weighted by atomic mass is 16.5. The molecule has 0 saturated carbocycles. The molecule has 4 heteroatoms. The lowest BCUT2D eigenvalue weighted by Gasteiger charge is -2.31. The molecule has 2 rings (SSSR count). The summed E-state index contributed by atoms with van der Waals surface area (Å²) in [6, 6.07) is 7.67. The van der Waals surface area contributed by atoms with Crippen molar-refractivity contribution in [3.63, 3.8) is 0 Å². The van der Waals surface area contributed by atoms with Gasteiger partial charge in [-0.3, -0.25) is 4.90 Å². The molecule has 0 atom stereocenters. The van der Waals surface area contributed by atoms with E-state index in [1.807, 2.05) is 12.1 Å². The number of aromatic carboxylic acids is 1. The summed E-state index contributed by atoms with van der Waals surface area (Å²) in [4.78, 5) is 13.1. The summed E-state index contributed by atoms with van der Waals surface area (Å²) in [5.41, 5.74) is 1.49. The van der Waals surface area contributed by atoms with E-state index in [2.05, 4.69) is 11.9 Å². The first-order chi connectivity index (χ1) is 8.66. The number of benzene rings is 1. The van der Waals surface area contributed by atoms with E-state index in [0.717, 1.165) is 38.2 Å². The third-order valence-electron chi connectivity index (χ3n) is 3.45. The Morgan fingerprint density at radius 3 is 2.50 bits per heavy atom. The monoisotopic (exact) mass is 249 g/mol. The zero-order valence-corrected chi connectivity index (χ0v) is 10.6. The zero-order chi connectivity index (χ0) is 13.0. The third kappa shape index (κ3) is 3.31. The van der Waals surface area contributed by atoms with E-state index in [1.54, 1.807) is 12.1 Å². The lowest BCUT2D eigenvalue weighted by atomic mass is 10.1. The topological polar surface area (TPSA) is 49.8 Å². The molecule has 1 heterocycles. The SMILES string of the molecule is CN(Cc1ccc(C(=O)O)cc1)C1CCOCC1. The lowest BCUT2D eigenvalue weighted by Crippen LogP contribution is -2.36. The van der Waals surface area contributed by atoms with Crippen molar-refractivity contribution >= 4 is 5.97 Å². The van der Waals surface area contributed by atoms with Crippen LogP contribution in [0.3, 0.4) is 0 Å². The van der Waals surface area contributed by atoms with Gasteiger partial charge in [0.05, 0.1) is 5.56 Å². The maximum Gasteiger partial charge on any atom is 0.335 e. The van der Waals surface area contributed by atoms with Crippen molar-refractivity contribution in [2.24, 2.45) is 0 Å². The van der Waals surface area contributed by atoms with Gasteiger partial charge in [0.1, 0.15) is 0 Å². The molecule has 98 valence electrons. The molecule has 18 heavy (non-hydrogen) atoms. The smallest absolute Gasteiger partial charge is 0.335 e. The Balaban J connectivity index is 1.93. The van der Waals surface area contributed by atoms with Crippen molar-refractivity contribution in [2.75, 3.05) is 20.3 Å². The van der Waals surface area contributed by atoms with Crippen LogP contribution in [0.1, 0.15) is 28.8 Å². The average molecular weight is 249 g/mol. The predicted octanol–water partition coefficient (Wildman–Crippen LogP) is 2.00. The van der Waals surface area contributed by atoms with Crippen LogP contribution in [0, 0.1) is 0 Å². The summed E-state index contributed by atoms with van der Waals surface area (Å²) in [5.74, 6) is -0.876. The molecule has 0 radical (unpaired) electrons. The molecule has 1 fully saturated rings. The molecule has 0 spiro atoms. The fourth-order valence-corrected chi connectivity index (χ4v) is 2.30. The van der Waals surface area contributed by atoms with Crippen molar-refractivity contribution in [3.05, 3.63) is 35.4 Å². The van der Waals surface area contributed by atoms with E-state index in [1.165, 1.54) is 0 Å². The van der Waals surface area contributed by atoms with Gasteiger partial charge in [-0.1, -0.05) is 12.1 Å². The molecule has 1 aliphatic rings. The Morgan fingerprint density at radius 2 is 1.94 bits per heavy atom. The fourth-order valence-electron chi connectivity index (χ4n) is 2.30. The van der Waals surface area contributed by atoms with Gasteiger partial charge >= 0.3 is 5.97 Å². The van der Waals surface area contributed by atoms with Crippen molar-refractivity contribution in [3.8, 4) is 0 Å². The highest BCUT2D eigenvalue weighted by Gasteiger charge is 2.18. The zero-order valence-electron chi connectivity index (χ0n) is 10.6. The van der Waals surface area contributed by atoms with Crippen LogP contribution in [0.4, 0.5) is 0 Å². The summed E-state index contributed by atoms with van der Waals surface area (Å²) >= 11 is 0. The Labute approximate surface area is 107 Å². The predicted molar refractivity (Wildman–Crippen MR) is 68.7 cm³/mol. The molecule has 0 aromatic heterocycles. The first kappa shape index (κ1) is 13.1. The number of rotatable bonds is 4. The summed E-state index contributed by atoms with van der Waals surface area (Å²) < 4.78 is 5.35. The third-order valence-corrected chi connectivity index (χ3v) is 3.45. The van der Waals surface area contributed by atoms with Crippen molar-refractivity contribution in [1.29, 1.82) is 0 Å². The van der Waals surface area contributed by atoms with Gasteiger partial charge in [-0.2, -0.15) is 0 Å². The second-order valence-electron chi connectivity index (χ2n) is 4.76. The number of nitrogens with zero attached hydrogens (tertiary/aromatic N) is 1. The standard InChI is InChI=1S/C14H19NO3/c1-15(13-6-8-18-9-7-13)10-11-2-4-12(5-3-11)14(16)17/h2-5,13H,6-10H2,1H3,(H,16,17). The molecule has 1 aromatic rings. The molecule has 1 aromatic carbocycles. The van der Waals surface area contributed by atoms with Gasteiger partial charge in [-0.15, -0.1) is 0 Å². The molecule has 0 unspecified atom stereocenters. The van der Waals surface area contributed by atoms with E-state index >= 15 is 0 Å². The van der Waals surface area contributed by atoms with Crippen molar-refractivity contribution < 1.29 is 14.6 Å². The van der Waals surface area contributed by atoms with Gasteiger partial charge in [0.25, 0.3) is 0 Å². The number of carboxylic acid groups (broad SMARTS) is 1. The first-order valence-electron chi connectivity index (χ1n) is 6.27. The minimum Gasteiger partial charge on any atom is -0.478 e. The first-order valence-corrected chi connectivity index (χ1v) is 6.27. The second-order valence-corrected chi connectivity index (χ2v) is 4.76. The van der Waals surface area contributed by atoms with E-state index in [9.17, 15) is 4.79 Å². The van der Waals surface area contributed by atoms with Gasteiger partial charge in [-0.05, 0) is 37.6 Å². The van der Waals surface area contributed by atoms with Gasteiger partial charge in [0, 0.05) is 25.8 Å². The normalized spacial score (nSPS) is 17.0. The van der Waals surface area contributed by atoms with E-state index in [-0.39, 0.29) is 0 Å². The minimum absolute atomic E-state index is 0.340. The number of carbonyl (C=O) groups is 1. The quantitative estimate of drug-likeness (QED) is 0.886. The van der Waals surface area contributed by atoms with Crippen LogP contribution < -0.4 is 0 Å². The average Bonchev–Trinajstić information content (AvgIpc) is 2.40. The Kier molecular flexibility index (Phi) is 4.33. The Bertz CT molecular complexity index is 396. The molecule has 0 amide bonds. The summed E-state index contributed by atoms with van der Waals surface area (Å²) in [6.07, 6.45) is 2.15. The molecule has 0 bridgehead atoms. The largest absolute Gasteiger partial charge is 0.478 e. The van der Waals surface area contributed by atoms with E-state index in [4.69, 9.17) is 9.84 Å². The minimum atomic E-state index is -0.876. The van der Waals surface area contributed by atoms with Crippen molar-refractivity contribution in [1.82, 2.24) is 4.90 Å². The van der Waals surface area contributed by atoms with E-state index in [0.29, 0.717) is 11.6 Å². The van der Waals surface area contributed by atoms with Crippen LogP contribution in [0.15, 0.2) is 24.3 Å². The van der Waals surface area contributed by atoms with Crippen molar-refractivity contribution in [2.45, 2.75) is 25.4 Å². The number of ether oxygens (including phenoxy) is 1. The molecular formula is C14H19NO3. The summed E-state index contributed by atoms with van der Waals surface area (Å²) in [7, 11) is 2.11. The van der Waals surface area contributed by atoms with Gasteiger partial charge in [0.15, 0.2) is 0 Å². The molecule has 4 nitrogen and oxygen atoms in total. The molecule has 1 aliphatic heterocycles.